The number of sulfone groups is 1. The van der Waals surface area contributed by atoms with Gasteiger partial charge in [0.05, 0.1) is 37.0 Å². The molecule has 26 heavy (non-hydrogen) atoms. The second-order valence-corrected chi connectivity index (χ2v) is 9.42. The van der Waals surface area contributed by atoms with E-state index in [4.69, 9.17) is 9.47 Å². The number of quaternary nitrogens is 1. The average Bonchev–Trinajstić information content (AvgIpc) is 2.54. The van der Waals surface area contributed by atoms with E-state index in [1.807, 2.05) is 13.8 Å². The normalized spacial score (nSPS) is 12.2. The van der Waals surface area contributed by atoms with Crippen LogP contribution in [0.2, 0.25) is 0 Å². The van der Waals surface area contributed by atoms with Crippen molar-refractivity contribution in [3.63, 3.8) is 0 Å². The lowest BCUT2D eigenvalue weighted by Gasteiger charge is -2.23. The first-order valence-corrected chi connectivity index (χ1v) is 10.1. The zero-order valence-corrected chi connectivity index (χ0v) is 16.9. The van der Waals surface area contributed by atoms with Gasteiger partial charge in [0.25, 0.3) is 0 Å². The van der Waals surface area contributed by atoms with E-state index in [1.165, 1.54) is 0 Å². The quantitative estimate of drug-likeness (QED) is 0.661. The van der Waals surface area contributed by atoms with Crippen molar-refractivity contribution in [2.45, 2.75) is 29.7 Å². The van der Waals surface area contributed by atoms with Gasteiger partial charge in [0.2, 0.25) is 9.84 Å². The van der Waals surface area contributed by atoms with Crippen LogP contribution in [0, 0.1) is 0 Å². The molecule has 0 N–H and O–H groups in total. The fourth-order valence-corrected chi connectivity index (χ4v) is 3.52. The van der Waals surface area contributed by atoms with Crippen LogP contribution in [0.4, 0.5) is 0 Å². The maximum atomic E-state index is 12.7. The molecule has 0 aromatic heterocycles. The van der Waals surface area contributed by atoms with Crippen LogP contribution >= 0.6 is 0 Å². The highest BCUT2D eigenvalue weighted by molar-refractivity contribution is 7.91. The van der Waals surface area contributed by atoms with Crippen molar-refractivity contribution in [2.75, 3.05) is 34.3 Å². The van der Waals surface area contributed by atoms with E-state index in [1.54, 1.807) is 48.5 Å². The Kier molecular flexibility index (Phi) is 6.31. The predicted octanol–water partition coefficient (Wildman–Crippen LogP) is 3.39. The second-order valence-electron chi connectivity index (χ2n) is 7.48. The van der Waals surface area contributed by atoms with E-state index in [9.17, 15) is 8.42 Å². The third-order valence-corrected chi connectivity index (χ3v) is 5.46. The fourth-order valence-electron chi connectivity index (χ4n) is 2.26. The summed E-state index contributed by atoms with van der Waals surface area (Å²) in [6, 6.07) is 13.0. The van der Waals surface area contributed by atoms with Gasteiger partial charge in [0.15, 0.2) is 0 Å². The highest BCUT2D eigenvalue weighted by Gasteiger charge is 2.18. The first-order valence-electron chi connectivity index (χ1n) is 8.63. The number of hydrogen-bond donors (Lipinski definition) is 0. The Hall–Kier alpha value is -2.05. The van der Waals surface area contributed by atoms with Gasteiger partial charge in [-0.3, -0.25) is 0 Å². The van der Waals surface area contributed by atoms with E-state index >= 15 is 0 Å². The molecule has 0 aliphatic carbocycles. The van der Waals surface area contributed by atoms with Gasteiger partial charge in [-0.2, -0.15) is 0 Å². The smallest absolute Gasteiger partial charge is 0.206 e. The monoisotopic (exact) mass is 378 g/mol. The van der Waals surface area contributed by atoms with Gasteiger partial charge < -0.3 is 14.0 Å². The summed E-state index contributed by atoms with van der Waals surface area (Å²) in [5.74, 6) is 1.32. The number of ether oxygens (including phenoxy) is 2. The van der Waals surface area contributed by atoms with E-state index in [0.717, 1.165) is 11.0 Å². The summed E-state index contributed by atoms with van der Waals surface area (Å²) < 4.78 is 37.5. The van der Waals surface area contributed by atoms with Crippen LogP contribution in [0.3, 0.4) is 0 Å². The first-order chi connectivity index (χ1) is 12.1. The van der Waals surface area contributed by atoms with Crippen molar-refractivity contribution in [1.29, 1.82) is 0 Å². The first kappa shape index (κ1) is 20.3. The summed E-state index contributed by atoms with van der Waals surface area (Å²) in [5, 5.41) is 0. The van der Waals surface area contributed by atoms with Crippen LogP contribution in [0.25, 0.3) is 0 Å². The van der Waals surface area contributed by atoms with Crippen molar-refractivity contribution >= 4 is 9.84 Å². The number of hydrogen-bond acceptors (Lipinski definition) is 4. The third kappa shape index (κ3) is 5.75. The SMILES string of the molecule is CC(C)Oc1ccc(S(=O)(=O)c2ccc(OCC[N+](C)(C)C)cc2)cc1. The van der Waals surface area contributed by atoms with Crippen LogP contribution in [-0.2, 0) is 9.84 Å². The molecule has 0 bridgehead atoms. The molecule has 6 heteroatoms. The number of likely N-dealkylation sites (N-methyl/N-ethyl adjacent to an activating group) is 1. The molecule has 2 aromatic rings. The van der Waals surface area contributed by atoms with Gasteiger partial charge in [0.1, 0.15) is 24.7 Å². The molecular formula is C20H28NO4S+. The highest BCUT2D eigenvalue weighted by Crippen LogP contribution is 2.25. The van der Waals surface area contributed by atoms with E-state index < -0.39 is 9.84 Å². The molecule has 0 aliphatic heterocycles. The van der Waals surface area contributed by atoms with Crippen molar-refractivity contribution < 1.29 is 22.4 Å². The molecule has 2 aromatic carbocycles. The lowest BCUT2D eigenvalue weighted by molar-refractivity contribution is -0.870. The molecule has 2 rings (SSSR count). The van der Waals surface area contributed by atoms with Crippen LogP contribution in [0.5, 0.6) is 11.5 Å². The minimum Gasteiger partial charge on any atom is -0.491 e. The molecule has 0 spiro atoms. The summed E-state index contributed by atoms with van der Waals surface area (Å²) in [6.07, 6.45) is 0.0436. The Balaban J connectivity index is 2.09. The number of rotatable bonds is 8. The maximum absolute atomic E-state index is 12.7. The zero-order chi connectivity index (χ0) is 19.4. The molecule has 0 saturated heterocycles. The molecule has 0 aliphatic rings. The van der Waals surface area contributed by atoms with Crippen molar-refractivity contribution in [3.05, 3.63) is 48.5 Å². The van der Waals surface area contributed by atoms with Crippen molar-refractivity contribution in [2.24, 2.45) is 0 Å². The van der Waals surface area contributed by atoms with Crippen molar-refractivity contribution in [3.8, 4) is 11.5 Å². The largest absolute Gasteiger partial charge is 0.491 e. The Morgan fingerprint density at radius 2 is 1.31 bits per heavy atom. The second kappa shape index (κ2) is 8.10. The Morgan fingerprint density at radius 3 is 1.73 bits per heavy atom. The molecule has 0 unspecified atom stereocenters. The third-order valence-electron chi connectivity index (χ3n) is 3.67. The molecule has 5 nitrogen and oxygen atoms in total. The summed E-state index contributed by atoms with van der Waals surface area (Å²) in [4.78, 5) is 0.487. The lowest BCUT2D eigenvalue weighted by Crippen LogP contribution is -2.38. The fraction of sp³-hybridized carbons (Fsp3) is 0.400. The summed E-state index contributed by atoms with van der Waals surface area (Å²) in [5.41, 5.74) is 0. The molecule has 0 radical (unpaired) electrons. The van der Waals surface area contributed by atoms with E-state index in [2.05, 4.69) is 21.1 Å². The molecule has 0 atom stereocenters. The molecule has 0 fully saturated rings. The van der Waals surface area contributed by atoms with Crippen molar-refractivity contribution in [1.82, 2.24) is 0 Å². The van der Waals surface area contributed by atoms with Crippen LogP contribution in [-0.4, -0.2) is 53.3 Å². The number of benzene rings is 2. The minimum absolute atomic E-state index is 0.0436. The zero-order valence-electron chi connectivity index (χ0n) is 16.1. The molecule has 0 heterocycles. The molecule has 0 saturated carbocycles. The van der Waals surface area contributed by atoms with Crippen LogP contribution in [0.1, 0.15) is 13.8 Å². The summed E-state index contributed by atoms with van der Waals surface area (Å²) >= 11 is 0. The Labute approximate surface area is 156 Å². The van der Waals surface area contributed by atoms with Gasteiger partial charge in [-0.05, 0) is 62.4 Å². The van der Waals surface area contributed by atoms with E-state index in [-0.39, 0.29) is 15.9 Å². The summed E-state index contributed by atoms with van der Waals surface area (Å²) in [7, 11) is 2.72. The van der Waals surface area contributed by atoms with Gasteiger partial charge in [-0.25, -0.2) is 8.42 Å². The summed E-state index contributed by atoms with van der Waals surface area (Å²) in [6.45, 7) is 5.29. The number of nitrogens with zero attached hydrogens (tertiary/aromatic N) is 1. The molecule has 142 valence electrons. The van der Waals surface area contributed by atoms with Gasteiger partial charge in [0, 0.05) is 0 Å². The lowest BCUT2D eigenvalue weighted by atomic mass is 10.3. The van der Waals surface area contributed by atoms with Gasteiger partial charge >= 0.3 is 0 Å². The van der Waals surface area contributed by atoms with Gasteiger partial charge in [-0.15, -0.1) is 0 Å². The maximum Gasteiger partial charge on any atom is 0.206 e. The minimum atomic E-state index is -3.56. The Bertz CT molecular complexity index is 804. The molecular weight excluding hydrogens is 350 g/mol. The van der Waals surface area contributed by atoms with E-state index in [0.29, 0.717) is 18.1 Å². The predicted molar refractivity (Wildman–Crippen MR) is 102 cm³/mol. The molecule has 0 amide bonds. The van der Waals surface area contributed by atoms with Crippen LogP contribution < -0.4 is 9.47 Å². The van der Waals surface area contributed by atoms with Gasteiger partial charge in [-0.1, -0.05) is 0 Å². The highest BCUT2D eigenvalue weighted by atomic mass is 32.2. The standard InChI is InChI=1S/C20H28NO4S/c1-16(2)25-18-8-12-20(13-9-18)26(22,23)19-10-6-17(7-11-19)24-15-14-21(3,4)5/h6-13,16H,14-15H2,1-5H3/q+1. The van der Waals surface area contributed by atoms with Crippen LogP contribution in [0.15, 0.2) is 58.3 Å². The average molecular weight is 379 g/mol. The topological polar surface area (TPSA) is 52.6 Å². The Morgan fingerprint density at radius 1 is 0.846 bits per heavy atom.